The van der Waals surface area contributed by atoms with Gasteiger partial charge in [-0.05, 0) is 32.7 Å². The molecule has 20 heavy (non-hydrogen) atoms. The lowest BCUT2D eigenvalue weighted by Gasteiger charge is -2.12. The van der Waals surface area contributed by atoms with E-state index in [1.807, 2.05) is 13.0 Å². The molecule has 5 nitrogen and oxygen atoms in total. The summed E-state index contributed by atoms with van der Waals surface area (Å²) in [5.41, 5.74) is 0. The number of azo groups is 1. The van der Waals surface area contributed by atoms with E-state index in [2.05, 4.69) is 23.3 Å². The van der Waals surface area contributed by atoms with Crippen molar-refractivity contribution in [1.82, 2.24) is 0 Å². The summed E-state index contributed by atoms with van der Waals surface area (Å²) < 4.78 is 5.13. The molecule has 2 atom stereocenters. The van der Waals surface area contributed by atoms with Crippen LogP contribution in [0.25, 0.3) is 0 Å². The highest BCUT2D eigenvalue weighted by atomic mass is 35.6. The molecule has 114 valence electrons. The van der Waals surface area contributed by atoms with E-state index in [4.69, 9.17) is 21.1 Å². The van der Waals surface area contributed by atoms with Crippen molar-refractivity contribution in [3.8, 4) is 6.07 Å². The largest absolute Gasteiger partial charge is 0.466 e. The maximum absolute atomic E-state index is 11.5. The zero-order chi connectivity index (χ0) is 15.6. The van der Waals surface area contributed by atoms with E-state index in [9.17, 15) is 4.79 Å². The van der Waals surface area contributed by atoms with Gasteiger partial charge >= 0.3 is 5.97 Å². The third-order valence-corrected chi connectivity index (χ3v) is 4.68. The second-order valence-electron chi connectivity index (χ2n) is 5.47. The summed E-state index contributed by atoms with van der Waals surface area (Å²) in [7, 11) is -1.56. The highest BCUT2D eigenvalue weighted by Gasteiger charge is 2.16. The fourth-order valence-electron chi connectivity index (χ4n) is 1.37. The number of ether oxygens (including phenoxy) is 1. The molecule has 0 bridgehead atoms. The number of nitrogens with zero attached hydrogens (tertiary/aromatic N) is 3. The maximum Gasteiger partial charge on any atom is 0.305 e. The van der Waals surface area contributed by atoms with Gasteiger partial charge in [-0.15, -0.1) is 0 Å². The van der Waals surface area contributed by atoms with E-state index in [1.165, 1.54) is 0 Å². The number of nitriles is 1. The van der Waals surface area contributed by atoms with Crippen LogP contribution in [0.3, 0.4) is 0 Å². The maximum atomic E-state index is 11.5. The molecule has 0 N–H and O–H groups in total. The van der Waals surface area contributed by atoms with Crippen LogP contribution >= 0.6 is 11.1 Å². The molecule has 0 rings (SSSR count). The molecule has 7 heteroatoms. The minimum atomic E-state index is -1.56. The van der Waals surface area contributed by atoms with Gasteiger partial charge in [0, 0.05) is 6.42 Å². The smallest absolute Gasteiger partial charge is 0.305 e. The summed E-state index contributed by atoms with van der Waals surface area (Å²) in [4.78, 5) is 11.5. The summed E-state index contributed by atoms with van der Waals surface area (Å²) in [5, 5.41) is 16.4. The number of hydrogen-bond acceptors (Lipinski definition) is 5. The van der Waals surface area contributed by atoms with Crippen LogP contribution in [-0.2, 0) is 9.53 Å². The van der Waals surface area contributed by atoms with Crippen molar-refractivity contribution in [3.63, 3.8) is 0 Å². The lowest BCUT2D eigenvalue weighted by atomic mass is 10.2. The summed E-state index contributed by atoms with van der Waals surface area (Å²) in [6.45, 7) is 8.12. The molecule has 0 aromatic heterocycles. The van der Waals surface area contributed by atoms with Crippen molar-refractivity contribution in [1.29, 1.82) is 5.26 Å². The zero-order valence-electron chi connectivity index (χ0n) is 12.7. The van der Waals surface area contributed by atoms with Gasteiger partial charge in [0.2, 0.25) is 0 Å². The molecule has 0 spiro atoms. The molecule has 0 saturated heterocycles. The Hall–Kier alpha value is -0.933. The van der Waals surface area contributed by atoms with Gasteiger partial charge in [0.15, 0.2) is 13.4 Å². The number of halogens is 1. The number of rotatable bonds is 9. The predicted octanol–water partition coefficient (Wildman–Crippen LogP) is 3.90. The quantitative estimate of drug-likeness (QED) is 0.213. The summed E-state index contributed by atoms with van der Waals surface area (Å²) >= 11 is 6.18. The van der Waals surface area contributed by atoms with E-state index >= 15 is 0 Å². The van der Waals surface area contributed by atoms with Crippen LogP contribution in [0.15, 0.2) is 10.2 Å². The lowest BCUT2D eigenvalue weighted by molar-refractivity contribution is -0.143. The van der Waals surface area contributed by atoms with Crippen LogP contribution in [0.5, 0.6) is 0 Å². The normalized spacial score (nSPS) is 14.8. The second kappa shape index (κ2) is 9.89. The van der Waals surface area contributed by atoms with Crippen molar-refractivity contribution in [2.75, 3.05) is 6.61 Å². The summed E-state index contributed by atoms with van der Waals surface area (Å²) in [6.07, 6.45) is 1.72. The first-order valence-electron chi connectivity index (χ1n) is 6.88. The number of carbonyl (C=O) groups is 1. The van der Waals surface area contributed by atoms with Crippen LogP contribution < -0.4 is 0 Å². The molecule has 0 amide bonds. The Morgan fingerprint density at radius 3 is 2.60 bits per heavy atom. The monoisotopic (exact) mass is 317 g/mol. The van der Waals surface area contributed by atoms with E-state index < -0.39 is 13.4 Å². The molecule has 0 aliphatic rings. The standard InChI is InChI=1S/C13H24ClN3O2Si/c1-11(16-17-12(2)10-15)6-7-13(18)19-8-5-9-20(3,4)14/h11-12H,5-9H2,1-4H3. The average Bonchev–Trinajstić information content (AvgIpc) is 2.37. The van der Waals surface area contributed by atoms with Gasteiger partial charge in [0.05, 0.1) is 18.7 Å². The Balaban J connectivity index is 3.73. The van der Waals surface area contributed by atoms with Crippen molar-refractivity contribution in [2.24, 2.45) is 10.2 Å². The van der Waals surface area contributed by atoms with Crippen molar-refractivity contribution < 1.29 is 9.53 Å². The first kappa shape index (κ1) is 19.1. The zero-order valence-corrected chi connectivity index (χ0v) is 14.5. The molecule has 0 radical (unpaired) electrons. The van der Waals surface area contributed by atoms with E-state index in [-0.39, 0.29) is 12.0 Å². The van der Waals surface area contributed by atoms with Crippen LogP contribution in [0.1, 0.15) is 33.1 Å². The van der Waals surface area contributed by atoms with Gasteiger partial charge in [-0.1, -0.05) is 13.1 Å². The first-order valence-corrected chi connectivity index (χ1v) is 11.1. The first-order chi connectivity index (χ1) is 9.24. The van der Waals surface area contributed by atoms with Crippen molar-refractivity contribution >= 4 is 24.4 Å². The fourth-order valence-corrected chi connectivity index (χ4v) is 2.76. The number of hydrogen-bond donors (Lipinski definition) is 0. The van der Waals surface area contributed by atoms with Gasteiger partial charge in [-0.2, -0.15) is 26.6 Å². The topological polar surface area (TPSA) is 74.8 Å². The fraction of sp³-hybridized carbons (Fsp3) is 0.846. The Labute approximate surface area is 127 Å². The summed E-state index contributed by atoms with van der Waals surface area (Å²) in [6, 6.07) is 2.40. The molecule has 0 aromatic carbocycles. The Morgan fingerprint density at radius 2 is 2.05 bits per heavy atom. The second-order valence-corrected chi connectivity index (χ2v) is 12.5. The van der Waals surface area contributed by atoms with Crippen molar-refractivity contribution in [3.05, 3.63) is 0 Å². The molecule has 0 aliphatic carbocycles. The van der Waals surface area contributed by atoms with Crippen LogP contribution in [0.4, 0.5) is 0 Å². The van der Waals surface area contributed by atoms with E-state index in [0.717, 1.165) is 12.5 Å². The van der Waals surface area contributed by atoms with Gasteiger partial charge < -0.3 is 4.74 Å². The van der Waals surface area contributed by atoms with Crippen LogP contribution in [-0.4, -0.2) is 32.0 Å². The molecule has 0 fully saturated rings. The van der Waals surface area contributed by atoms with Gasteiger partial charge in [0.25, 0.3) is 0 Å². The minimum Gasteiger partial charge on any atom is -0.466 e. The van der Waals surface area contributed by atoms with Gasteiger partial charge in [-0.25, -0.2) is 0 Å². The highest BCUT2D eigenvalue weighted by molar-refractivity contribution is 7.19. The molecule has 2 unspecified atom stereocenters. The number of esters is 1. The molecule has 0 saturated carbocycles. The highest BCUT2D eigenvalue weighted by Crippen LogP contribution is 2.16. The Bertz CT molecular complexity index is 364. The van der Waals surface area contributed by atoms with E-state index in [0.29, 0.717) is 19.4 Å². The molecule has 0 heterocycles. The third-order valence-electron chi connectivity index (χ3n) is 2.57. The Morgan fingerprint density at radius 1 is 1.40 bits per heavy atom. The van der Waals surface area contributed by atoms with Crippen LogP contribution in [0, 0.1) is 11.3 Å². The lowest BCUT2D eigenvalue weighted by Crippen LogP contribution is -2.17. The average molecular weight is 318 g/mol. The SMILES string of the molecule is CC(C#N)N=NC(C)CCC(=O)OCCC[Si](C)(C)Cl. The van der Waals surface area contributed by atoms with Crippen molar-refractivity contribution in [2.45, 2.75) is 64.3 Å². The molecular formula is C13H24ClN3O2Si. The Kier molecular flexibility index (Phi) is 9.43. The molecular weight excluding hydrogens is 294 g/mol. The third kappa shape index (κ3) is 12.1. The summed E-state index contributed by atoms with van der Waals surface area (Å²) in [5.74, 6) is -0.213. The van der Waals surface area contributed by atoms with Gasteiger partial charge in [0.1, 0.15) is 0 Å². The number of carbonyl (C=O) groups excluding carboxylic acids is 1. The van der Waals surface area contributed by atoms with Crippen LogP contribution in [0.2, 0.25) is 19.1 Å². The predicted molar refractivity (Wildman–Crippen MR) is 82.3 cm³/mol. The molecule has 0 aliphatic heterocycles. The van der Waals surface area contributed by atoms with E-state index in [1.54, 1.807) is 6.92 Å². The molecule has 0 aromatic rings. The minimum absolute atomic E-state index is 0.0764. The van der Waals surface area contributed by atoms with Gasteiger partial charge in [-0.3, -0.25) is 4.79 Å².